The Morgan fingerprint density at radius 3 is 2.20 bits per heavy atom. The van der Waals surface area contributed by atoms with E-state index in [1.807, 2.05) is 30.3 Å². The van der Waals surface area contributed by atoms with Crippen LogP contribution in [0.5, 0.6) is 0 Å². The first kappa shape index (κ1) is 20.4. The first-order valence-electron chi connectivity index (χ1n) is 9.60. The molecule has 0 saturated carbocycles. The molecular weight excluding hydrogens is 405 g/mol. The average molecular weight is 423 g/mol. The second-order valence-electron chi connectivity index (χ2n) is 7.44. The Balaban J connectivity index is 1.61. The van der Waals surface area contributed by atoms with Crippen LogP contribution in [0.1, 0.15) is 36.8 Å². The second kappa shape index (κ2) is 8.08. The largest absolute Gasteiger partial charge is 0.445 e. The van der Waals surface area contributed by atoms with Crippen LogP contribution in [0.25, 0.3) is 5.57 Å². The third-order valence-electron chi connectivity index (χ3n) is 5.58. The van der Waals surface area contributed by atoms with Crippen LogP contribution in [-0.2, 0) is 11.3 Å². The van der Waals surface area contributed by atoms with E-state index in [0.29, 0.717) is 12.8 Å². The van der Waals surface area contributed by atoms with Crippen molar-refractivity contribution in [2.24, 2.45) is 0 Å². The summed E-state index contributed by atoms with van der Waals surface area (Å²) in [5, 5.41) is 0. The molecule has 0 radical (unpaired) electrons. The minimum Gasteiger partial charge on any atom is -0.445 e. The van der Waals surface area contributed by atoms with Gasteiger partial charge in [-0.3, -0.25) is 4.90 Å². The molecule has 0 N–H and O–H groups in total. The molecule has 2 heterocycles. The molecule has 0 aliphatic carbocycles. The van der Waals surface area contributed by atoms with Gasteiger partial charge in [-0.25, -0.2) is 26.7 Å². The van der Waals surface area contributed by atoms with Gasteiger partial charge in [-0.1, -0.05) is 36.4 Å². The minimum absolute atomic E-state index is 0.0182. The van der Waals surface area contributed by atoms with E-state index in [0.717, 1.165) is 12.0 Å². The van der Waals surface area contributed by atoms with E-state index >= 15 is 0 Å². The monoisotopic (exact) mass is 423 g/mol. The number of hydrogen-bond donors (Lipinski definition) is 0. The van der Waals surface area contributed by atoms with Crippen LogP contribution < -0.4 is 0 Å². The Kier molecular flexibility index (Phi) is 5.49. The van der Waals surface area contributed by atoms with Gasteiger partial charge in [-0.15, -0.1) is 0 Å². The predicted octanol–water partition coefficient (Wildman–Crippen LogP) is 5.73. The molecule has 3 nitrogen and oxygen atoms in total. The van der Waals surface area contributed by atoms with Crippen molar-refractivity contribution in [1.82, 2.24) is 4.90 Å². The van der Waals surface area contributed by atoms with Gasteiger partial charge in [-0.2, -0.15) is 0 Å². The number of hydrogen-bond acceptors (Lipinski definition) is 2. The predicted molar refractivity (Wildman–Crippen MR) is 98.7 cm³/mol. The molecule has 158 valence electrons. The Morgan fingerprint density at radius 1 is 0.933 bits per heavy atom. The molecule has 0 aromatic heterocycles. The van der Waals surface area contributed by atoms with E-state index in [2.05, 4.69) is 0 Å². The quantitative estimate of drug-likeness (QED) is 0.359. The highest BCUT2D eigenvalue weighted by Crippen LogP contribution is 2.40. The van der Waals surface area contributed by atoms with Gasteiger partial charge in [0.15, 0.2) is 23.3 Å². The third kappa shape index (κ3) is 3.55. The molecule has 0 spiro atoms. The van der Waals surface area contributed by atoms with Crippen molar-refractivity contribution in [2.45, 2.75) is 44.4 Å². The molecular formula is C22H18F5NO2. The van der Waals surface area contributed by atoms with E-state index in [1.54, 1.807) is 0 Å². The Morgan fingerprint density at radius 2 is 1.57 bits per heavy atom. The lowest BCUT2D eigenvalue weighted by Gasteiger charge is -2.44. The molecule has 8 heteroatoms. The van der Waals surface area contributed by atoms with E-state index in [1.165, 1.54) is 11.0 Å². The fourth-order valence-corrected chi connectivity index (χ4v) is 4.18. The maximum Gasteiger partial charge on any atom is 0.410 e. The zero-order valence-electron chi connectivity index (χ0n) is 15.8. The lowest BCUT2D eigenvalue weighted by Crippen LogP contribution is -2.51. The number of ether oxygens (including phenoxy) is 1. The van der Waals surface area contributed by atoms with Gasteiger partial charge < -0.3 is 4.74 Å². The smallest absolute Gasteiger partial charge is 0.410 e. The van der Waals surface area contributed by atoms with Gasteiger partial charge >= 0.3 is 6.09 Å². The molecule has 2 bridgehead atoms. The lowest BCUT2D eigenvalue weighted by molar-refractivity contribution is 0.0509. The topological polar surface area (TPSA) is 29.5 Å². The fraction of sp³-hybridized carbons (Fsp3) is 0.318. The van der Waals surface area contributed by atoms with Crippen LogP contribution in [0.2, 0.25) is 0 Å². The van der Waals surface area contributed by atoms with Crippen molar-refractivity contribution >= 4 is 11.7 Å². The van der Waals surface area contributed by atoms with Gasteiger partial charge in [0.2, 0.25) is 5.82 Å². The Hall–Kier alpha value is -2.90. The van der Waals surface area contributed by atoms with E-state index in [4.69, 9.17) is 4.74 Å². The highest BCUT2D eigenvalue weighted by Gasteiger charge is 2.40. The Bertz CT molecular complexity index is 979. The van der Waals surface area contributed by atoms with E-state index in [-0.39, 0.29) is 18.6 Å². The van der Waals surface area contributed by atoms with Crippen LogP contribution in [0, 0.1) is 29.1 Å². The summed E-state index contributed by atoms with van der Waals surface area (Å²) >= 11 is 0. The molecule has 2 aromatic carbocycles. The Labute approximate surface area is 169 Å². The van der Waals surface area contributed by atoms with Crippen molar-refractivity contribution in [3.63, 3.8) is 0 Å². The SMILES string of the molecule is O=C(OCc1ccccc1)N1C2C=C(c3c(F)c(F)c(F)c(F)c3F)CC1CCC2. The summed E-state index contributed by atoms with van der Waals surface area (Å²) in [5.74, 6) is -9.83. The number of nitrogens with zero attached hydrogens (tertiary/aromatic N) is 1. The summed E-state index contributed by atoms with van der Waals surface area (Å²) in [5.41, 5.74) is -0.0872. The van der Waals surface area contributed by atoms with E-state index < -0.39 is 52.8 Å². The normalized spacial score (nSPS) is 20.7. The molecule has 2 unspecified atom stereocenters. The maximum absolute atomic E-state index is 14.3. The molecule has 2 aliphatic heterocycles. The van der Waals surface area contributed by atoms with Crippen molar-refractivity contribution in [3.8, 4) is 0 Å². The highest BCUT2D eigenvalue weighted by molar-refractivity contribution is 5.75. The van der Waals surface area contributed by atoms with Crippen molar-refractivity contribution in [3.05, 3.63) is 76.6 Å². The number of fused-ring (bicyclic) bond motifs is 2. The molecule has 1 amide bonds. The van der Waals surface area contributed by atoms with Crippen LogP contribution in [0.3, 0.4) is 0 Å². The average Bonchev–Trinajstić information content (AvgIpc) is 2.75. The number of carbonyl (C=O) groups is 1. The second-order valence-corrected chi connectivity index (χ2v) is 7.44. The zero-order valence-corrected chi connectivity index (χ0v) is 15.8. The zero-order chi connectivity index (χ0) is 21.4. The van der Waals surface area contributed by atoms with Crippen LogP contribution >= 0.6 is 0 Å². The number of piperidine rings is 1. The van der Waals surface area contributed by atoms with Crippen LogP contribution in [0.4, 0.5) is 26.7 Å². The number of halogens is 5. The molecule has 4 rings (SSSR count). The van der Waals surface area contributed by atoms with Gasteiger partial charge in [0.1, 0.15) is 6.61 Å². The summed E-state index contributed by atoms with van der Waals surface area (Å²) in [7, 11) is 0. The molecule has 2 aliphatic rings. The van der Waals surface area contributed by atoms with Crippen molar-refractivity contribution in [1.29, 1.82) is 0 Å². The van der Waals surface area contributed by atoms with Gasteiger partial charge in [0.05, 0.1) is 11.6 Å². The summed E-state index contributed by atoms with van der Waals surface area (Å²) in [4.78, 5) is 14.2. The summed E-state index contributed by atoms with van der Waals surface area (Å²) < 4.78 is 74.6. The van der Waals surface area contributed by atoms with Crippen molar-refractivity contribution in [2.75, 3.05) is 0 Å². The van der Waals surface area contributed by atoms with Gasteiger partial charge in [0, 0.05) is 6.04 Å². The molecule has 1 fully saturated rings. The molecule has 30 heavy (non-hydrogen) atoms. The van der Waals surface area contributed by atoms with Crippen LogP contribution in [0.15, 0.2) is 36.4 Å². The molecule has 2 aromatic rings. The first-order chi connectivity index (χ1) is 14.4. The lowest BCUT2D eigenvalue weighted by atomic mass is 9.82. The highest BCUT2D eigenvalue weighted by atomic mass is 19.2. The van der Waals surface area contributed by atoms with E-state index in [9.17, 15) is 26.7 Å². The fourth-order valence-electron chi connectivity index (χ4n) is 4.18. The summed E-state index contributed by atoms with van der Waals surface area (Å²) in [6.07, 6.45) is 2.66. The number of rotatable bonds is 3. The molecule has 2 atom stereocenters. The maximum atomic E-state index is 14.3. The number of benzene rings is 2. The minimum atomic E-state index is -2.18. The molecule has 1 saturated heterocycles. The van der Waals surface area contributed by atoms with Gasteiger partial charge in [-0.05, 0) is 36.8 Å². The van der Waals surface area contributed by atoms with Crippen molar-refractivity contribution < 1.29 is 31.5 Å². The number of amides is 1. The number of carbonyl (C=O) groups excluding carboxylic acids is 1. The first-order valence-corrected chi connectivity index (χ1v) is 9.60. The third-order valence-corrected chi connectivity index (χ3v) is 5.58. The standard InChI is InChI=1S/C22H18F5NO2/c23-17-16(18(24)20(26)21(27)19(17)25)13-9-14-7-4-8-15(10-13)28(14)22(29)30-11-12-5-2-1-3-6-12/h1-3,5-6,9,14-15H,4,7-8,10-11H2. The van der Waals surface area contributed by atoms with Gasteiger partial charge in [0.25, 0.3) is 0 Å². The summed E-state index contributed by atoms with van der Waals surface area (Å²) in [6, 6.07) is 8.12. The summed E-state index contributed by atoms with van der Waals surface area (Å²) in [6.45, 7) is 0.0732. The van der Waals surface area contributed by atoms with Crippen LogP contribution in [-0.4, -0.2) is 23.1 Å².